The van der Waals surface area contributed by atoms with Gasteiger partial charge in [0, 0.05) is 24.3 Å². The van der Waals surface area contributed by atoms with Crippen LogP contribution in [-0.2, 0) is 16.4 Å². The zero-order valence-electron chi connectivity index (χ0n) is 11.6. The third-order valence-electron chi connectivity index (χ3n) is 2.93. The number of aliphatic hydroxyl groups excluding tert-OH is 1. The van der Waals surface area contributed by atoms with E-state index in [4.69, 9.17) is 10.8 Å². The molecule has 0 saturated carbocycles. The topological polar surface area (TPSA) is 92.4 Å². The predicted molar refractivity (Wildman–Crippen MR) is 76.3 cm³/mol. The summed E-state index contributed by atoms with van der Waals surface area (Å²) < 4.78 is 27.1. The monoisotopic (exact) mass is 286 g/mol. The molecule has 1 aromatic rings. The van der Waals surface area contributed by atoms with Crippen LogP contribution in [0.4, 0.5) is 5.69 Å². The number of hydrogen-bond donors (Lipinski definition) is 3. The molecule has 6 heteroatoms. The minimum Gasteiger partial charge on any atom is -0.399 e. The zero-order chi connectivity index (χ0) is 14.7. The first-order valence-electron chi connectivity index (χ1n) is 6.21. The van der Waals surface area contributed by atoms with Crippen LogP contribution in [0.2, 0.25) is 0 Å². The summed E-state index contributed by atoms with van der Waals surface area (Å²) >= 11 is 0. The fourth-order valence-corrected chi connectivity index (χ4v) is 3.12. The van der Waals surface area contributed by atoms with E-state index in [9.17, 15) is 8.42 Å². The van der Waals surface area contributed by atoms with Crippen LogP contribution < -0.4 is 10.5 Å². The van der Waals surface area contributed by atoms with E-state index in [2.05, 4.69) is 4.72 Å². The molecule has 0 aromatic heterocycles. The number of anilines is 1. The lowest BCUT2D eigenvalue weighted by Crippen LogP contribution is -2.36. The van der Waals surface area contributed by atoms with Gasteiger partial charge in [-0.25, -0.2) is 13.1 Å². The molecular formula is C13H22N2O3S. The summed E-state index contributed by atoms with van der Waals surface area (Å²) in [5.74, 6) is 0. The van der Waals surface area contributed by atoms with Crippen LogP contribution in [0.15, 0.2) is 23.1 Å². The molecule has 0 aliphatic carbocycles. The van der Waals surface area contributed by atoms with E-state index in [0.29, 0.717) is 12.1 Å². The Kier molecular flexibility index (Phi) is 4.95. The smallest absolute Gasteiger partial charge is 0.240 e. The molecule has 0 amide bonds. The number of nitrogen functional groups attached to an aromatic ring is 1. The Morgan fingerprint density at radius 1 is 1.37 bits per heavy atom. The standard InChI is InChI=1S/C13H22N2O3S/c1-4-10-5-6-11(14)7-12(10)19(17,18)15-8-13(2,3)9-16/h5-7,15-16H,4,8-9,14H2,1-3H3. The molecule has 0 unspecified atom stereocenters. The molecule has 0 atom stereocenters. The summed E-state index contributed by atoms with van der Waals surface area (Å²) in [6.45, 7) is 5.55. The van der Waals surface area contributed by atoms with Gasteiger partial charge >= 0.3 is 0 Å². The third kappa shape index (κ3) is 4.19. The molecule has 0 heterocycles. The van der Waals surface area contributed by atoms with Crippen LogP contribution in [0.3, 0.4) is 0 Å². The lowest BCUT2D eigenvalue weighted by atomic mass is 9.96. The molecule has 5 nitrogen and oxygen atoms in total. The number of aryl methyl sites for hydroxylation is 1. The first-order valence-corrected chi connectivity index (χ1v) is 7.69. The van der Waals surface area contributed by atoms with Gasteiger partial charge in [0.05, 0.1) is 4.90 Å². The van der Waals surface area contributed by atoms with E-state index in [1.165, 1.54) is 6.07 Å². The van der Waals surface area contributed by atoms with Gasteiger partial charge in [-0.3, -0.25) is 0 Å². The van der Waals surface area contributed by atoms with Crippen molar-refractivity contribution >= 4 is 15.7 Å². The second-order valence-corrected chi connectivity index (χ2v) is 7.10. The fraction of sp³-hybridized carbons (Fsp3) is 0.538. The zero-order valence-corrected chi connectivity index (χ0v) is 12.4. The van der Waals surface area contributed by atoms with Gasteiger partial charge in [0.1, 0.15) is 0 Å². The summed E-state index contributed by atoms with van der Waals surface area (Å²) in [5.41, 5.74) is 6.30. The van der Waals surface area contributed by atoms with Crippen molar-refractivity contribution in [3.8, 4) is 0 Å². The molecule has 19 heavy (non-hydrogen) atoms. The SMILES string of the molecule is CCc1ccc(N)cc1S(=O)(=O)NCC(C)(C)CO. The van der Waals surface area contributed by atoms with Crippen LogP contribution >= 0.6 is 0 Å². The van der Waals surface area contributed by atoms with Crippen molar-refractivity contribution in [2.45, 2.75) is 32.1 Å². The second-order valence-electron chi connectivity index (χ2n) is 5.37. The van der Waals surface area contributed by atoms with Crippen molar-refractivity contribution in [1.82, 2.24) is 4.72 Å². The average Bonchev–Trinajstić information content (AvgIpc) is 2.37. The van der Waals surface area contributed by atoms with Gasteiger partial charge in [0.2, 0.25) is 10.0 Å². The molecule has 0 fully saturated rings. The number of rotatable bonds is 6. The van der Waals surface area contributed by atoms with Gasteiger partial charge in [0.25, 0.3) is 0 Å². The Balaban J connectivity index is 3.04. The molecule has 0 bridgehead atoms. The van der Waals surface area contributed by atoms with Crippen LogP contribution in [0.25, 0.3) is 0 Å². The number of sulfonamides is 1. The Labute approximate surface area is 114 Å². The van der Waals surface area contributed by atoms with E-state index in [1.807, 2.05) is 6.92 Å². The van der Waals surface area contributed by atoms with Gasteiger partial charge in [-0.2, -0.15) is 0 Å². The maximum atomic E-state index is 12.3. The maximum Gasteiger partial charge on any atom is 0.240 e. The van der Waals surface area contributed by atoms with E-state index in [1.54, 1.807) is 26.0 Å². The molecule has 1 aromatic carbocycles. The number of benzene rings is 1. The number of nitrogens with one attached hydrogen (secondary N) is 1. The van der Waals surface area contributed by atoms with Gasteiger partial charge in [0.15, 0.2) is 0 Å². The number of nitrogens with two attached hydrogens (primary N) is 1. The quantitative estimate of drug-likeness (QED) is 0.683. The van der Waals surface area contributed by atoms with Crippen molar-refractivity contribution < 1.29 is 13.5 Å². The largest absolute Gasteiger partial charge is 0.399 e. The first-order chi connectivity index (χ1) is 8.72. The van der Waals surface area contributed by atoms with Crippen molar-refractivity contribution in [2.75, 3.05) is 18.9 Å². The van der Waals surface area contributed by atoms with Crippen LogP contribution in [-0.4, -0.2) is 26.7 Å². The predicted octanol–water partition coefficient (Wildman–Crippen LogP) is 1.13. The molecule has 4 N–H and O–H groups in total. The molecule has 0 radical (unpaired) electrons. The molecule has 0 aliphatic heterocycles. The van der Waals surface area contributed by atoms with Crippen LogP contribution in [0.5, 0.6) is 0 Å². The van der Waals surface area contributed by atoms with Gasteiger partial charge in [-0.15, -0.1) is 0 Å². The van der Waals surface area contributed by atoms with Crippen molar-refractivity contribution in [1.29, 1.82) is 0 Å². The first kappa shape index (κ1) is 15.9. The Hall–Kier alpha value is -1.11. The van der Waals surface area contributed by atoms with Crippen LogP contribution in [0, 0.1) is 5.41 Å². The highest BCUT2D eigenvalue weighted by Gasteiger charge is 2.23. The molecule has 1 rings (SSSR count). The summed E-state index contributed by atoms with van der Waals surface area (Å²) in [6, 6.07) is 4.88. The average molecular weight is 286 g/mol. The maximum absolute atomic E-state index is 12.3. The third-order valence-corrected chi connectivity index (χ3v) is 4.41. The summed E-state index contributed by atoms with van der Waals surface area (Å²) in [5, 5.41) is 9.15. The minimum absolute atomic E-state index is 0.0902. The highest BCUT2D eigenvalue weighted by Crippen LogP contribution is 2.21. The van der Waals surface area contributed by atoms with E-state index in [-0.39, 0.29) is 18.0 Å². The van der Waals surface area contributed by atoms with E-state index < -0.39 is 15.4 Å². The van der Waals surface area contributed by atoms with E-state index in [0.717, 1.165) is 5.56 Å². The summed E-state index contributed by atoms with van der Waals surface area (Å²) in [7, 11) is -3.61. The number of hydrogen-bond acceptors (Lipinski definition) is 4. The highest BCUT2D eigenvalue weighted by atomic mass is 32.2. The van der Waals surface area contributed by atoms with Crippen LogP contribution in [0.1, 0.15) is 26.3 Å². The molecular weight excluding hydrogens is 264 g/mol. The highest BCUT2D eigenvalue weighted by molar-refractivity contribution is 7.89. The molecule has 0 aliphatic rings. The fourth-order valence-electron chi connectivity index (χ4n) is 1.54. The molecule has 0 spiro atoms. The normalized spacial score (nSPS) is 12.6. The summed E-state index contributed by atoms with van der Waals surface area (Å²) in [6.07, 6.45) is 0.611. The second kappa shape index (κ2) is 5.90. The lowest BCUT2D eigenvalue weighted by molar-refractivity contribution is 0.163. The Morgan fingerprint density at radius 2 is 2.00 bits per heavy atom. The van der Waals surface area contributed by atoms with Crippen molar-refractivity contribution in [3.63, 3.8) is 0 Å². The Bertz CT molecular complexity index is 539. The van der Waals surface area contributed by atoms with E-state index >= 15 is 0 Å². The van der Waals surface area contributed by atoms with Crippen molar-refractivity contribution in [2.24, 2.45) is 5.41 Å². The minimum atomic E-state index is -3.61. The lowest BCUT2D eigenvalue weighted by Gasteiger charge is -2.22. The van der Waals surface area contributed by atoms with Gasteiger partial charge < -0.3 is 10.8 Å². The molecule has 0 saturated heterocycles. The summed E-state index contributed by atoms with van der Waals surface area (Å²) in [4.78, 5) is 0.212. The van der Waals surface area contributed by atoms with Gasteiger partial charge in [-0.05, 0) is 24.1 Å². The Morgan fingerprint density at radius 3 is 2.53 bits per heavy atom. The molecule has 108 valence electrons. The van der Waals surface area contributed by atoms with Gasteiger partial charge in [-0.1, -0.05) is 26.8 Å². The van der Waals surface area contributed by atoms with Crippen molar-refractivity contribution in [3.05, 3.63) is 23.8 Å². The number of aliphatic hydroxyl groups is 1.